The van der Waals surface area contributed by atoms with Crippen LogP contribution in [0, 0.1) is 0 Å². The largest absolute Gasteiger partial charge is 0.376 e. The number of aromatic nitrogens is 3. The van der Waals surface area contributed by atoms with Gasteiger partial charge in [0.2, 0.25) is 0 Å². The standard InChI is InChI=1S/C16H19Cl2N3OS/c1-2-15-19-20-16(21(15)9-11-5-4-8-22-11)23-10-12-13(17)6-3-7-14(12)18/h3,6-7,11H,2,4-5,8-10H2,1H3. The van der Waals surface area contributed by atoms with E-state index in [1.807, 2.05) is 18.2 Å². The second-order valence-corrected chi connectivity index (χ2v) is 7.24. The SMILES string of the molecule is CCc1nnc(SCc2c(Cl)cccc2Cl)n1CC1CCCO1. The molecule has 4 nitrogen and oxygen atoms in total. The molecule has 1 unspecified atom stereocenters. The molecule has 0 N–H and O–H groups in total. The van der Waals surface area contributed by atoms with Crippen LogP contribution in [-0.2, 0) is 23.5 Å². The Hall–Kier alpha value is -0.750. The highest BCUT2D eigenvalue weighted by Crippen LogP contribution is 2.31. The number of aryl methyl sites for hydroxylation is 1. The lowest BCUT2D eigenvalue weighted by Gasteiger charge is -2.14. The van der Waals surface area contributed by atoms with E-state index in [2.05, 4.69) is 21.7 Å². The summed E-state index contributed by atoms with van der Waals surface area (Å²) in [6.45, 7) is 3.76. The maximum absolute atomic E-state index is 6.24. The van der Waals surface area contributed by atoms with Crippen molar-refractivity contribution < 1.29 is 4.74 Å². The number of hydrogen-bond donors (Lipinski definition) is 0. The van der Waals surface area contributed by atoms with E-state index in [-0.39, 0.29) is 6.10 Å². The predicted octanol–water partition coefficient (Wildman–Crippen LogP) is 4.62. The molecule has 2 heterocycles. The van der Waals surface area contributed by atoms with Crippen molar-refractivity contribution in [1.29, 1.82) is 0 Å². The molecular formula is C16H19Cl2N3OS. The van der Waals surface area contributed by atoms with E-state index in [0.29, 0.717) is 15.8 Å². The molecule has 1 aromatic carbocycles. The van der Waals surface area contributed by atoms with Crippen LogP contribution in [0.5, 0.6) is 0 Å². The molecule has 124 valence electrons. The Balaban J connectivity index is 1.75. The zero-order valence-electron chi connectivity index (χ0n) is 13.0. The van der Waals surface area contributed by atoms with Gasteiger partial charge in [0.1, 0.15) is 5.82 Å². The van der Waals surface area contributed by atoms with Crippen LogP contribution in [0.15, 0.2) is 23.4 Å². The molecular weight excluding hydrogens is 353 g/mol. The molecule has 23 heavy (non-hydrogen) atoms. The number of halogens is 2. The summed E-state index contributed by atoms with van der Waals surface area (Å²) < 4.78 is 7.93. The Morgan fingerprint density at radius 1 is 1.30 bits per heavy atom. The van der Waals surface area contributed by atoms with E-state index in [0.717, 1.165) is 49.0 Å². The first-order valence-corrected chi connectivity index (χ1v) is 9.52. The Labute approximate surface area is 150 Å². The van der Waals surface area contributed by atoms with Gasteiger partial charge in [-0.1, -0.05) is 48.0 Å². The zero-order valence-corrected chi connectivity index (χ0v) is 15.3. The van der Waals surface area contributed by atoms with Gasteiger partial charge in [0.25, 0.3) is 0 Å². The number of hydrogen-bond acceptors (Lipinski definition) is 4. The van der Waals surface area contributed by atoms with Crippen LogP contribution in [-0.4, -0.2) is 27.5 Å². The minimum atomic E-state index is 0.263. The van der Waals surface area contributed by atoms with E-state index in [1.54, 1.807) is 11.8 Å². The fraction of sp³-hybridized carbons (Fsp3) is 0.500. The lowest BCUT2D eigenvalue weighted by atomic mass is 10.2. The average molecular weight is 372 g/mol. The third-order valence-electron chi connectivity index (χ3n) is 3.93. The van der Waals surface area contributed by atoms with E-state index < -0.39 is 0 Å². The summed E-state index contributed by atoms with van der Waals surface area (Å²) in [6, 6.07) is 5.57. The molecule has 0 spiro atoms. The Bertz CT molecular complexity index is 651. The molecule has 3 rings (SSSR count). The normalized spacial score (nSPS) is 17.8. The first-order valence-electron chi connectivity index (χ1n) is 7.78. The van der Waals surface area contributed by atoms with Crippen molar-refractivity contribution in [3.05, 3.63) is 39.6 Å². The van der Waals surface area contributed by atoms with Crippen LogP contribution in [0.25, 0.3) is 0 Å². The van der Waals surface area contributed by atoms with Gasteiger partial charge in [-0.3, -0.25) is 0 Å². The molecule has 1 aliphatic rings. The number of nitrogens with zero attached hydrogens (tertiary/aromatic N) is 3. The maximum atomic E-state index is 6.24. The van der Waals surface area contributed by atoms with Crippen LogP contribution in [0.4, 0.5) is 0 Å². The molecule has 0 saturated carbocycles. The molecule has 7 heteroatoms. The molecule has 1 saturated heterocycles. The van der Waals surface area contributed by atoms with Gasteiger partial charge in [-0.05, 0) is 30.5 Å². The maximum Gasteiger partial charge on any atom is 0.191 e. The van der Waals surface area contributed by atoms with E-state index in [9.17, 15) is 0 Å². The van der Waals surface area contributed by atoms with Crippen molar-refractivity contribution in [3.8, 4) is 0 Å². The Morgan fingerprint density at radius 3 is 2.74 bits per heavy atom. The molecule has 1 aliphatic heterocycles. The lowest BCUT2D eigenvalue weighted by molar-refractivity contribution is 0.0942. The molecule has 1 atom stereocenters. The van der Waals surface area contributed by atoms with Gasteiger partial charge in [0.05, 0.1) is 12.6 Å². The highest BCUT2D eigenvalue weighted by molar-refractivity contribution is 7.98. The van der Waals surface area contributed by atoms with Gasteiger partial charge in [-0.25, -0.2) is 0 Å². The van der Waals surface area contributed by atoms with Gasteiger partial charge in [-0.2, -0.15) is 0 Å². The van der Waals surface area contributed by atoms with Gasteiger partial charge in [-0.15, -0.1) is 10.2 Å². The average Bonchev–Trinajstić information content (AvgIpc) is 3.17. The van der Waals surface area contributed by atoms with Crippen molar-refractivity contribution in [2.24, 2.45) is 0 Å². The molecule has 0 bridgehead atoms. The topological polar surface area (TPSA) is 39.9 Å². The molecule has 2 aromatic rings. The van der Waals surface area contributed by atoms with Crippen LogP contribution in [0.3, 0.4) is 0 Å². The quantitative estimate of drug-likeness (QED) is 0.694. The van der Waals surface area contributed by atoms with Crippen molar-refractivity contribution in [2.45, 2.75) is 49.7 Å². The summed E-state index contributed by atoms with van der Waals surface area (Å²) in [4.78, 5) is 0. The van der Waals surface area contributed by atoms with Crippen molar-refractivity contribution in [1.82, 2.24) is 14.8 Å². The highest BCUT2D eigenvalue weighted by atomic mass is 35.5. The summed E-state index contributed by atoms with van der Waals surface area (Å²) in [5.74, 6) is 1.67. The Morgan fingerprint density at radius 2 is 2.09 bits per heavy atom. The first-order chi connectivity index (χ1) is 11.2. The van der Waals surface area contributed by atoms with Crippen LogP contribution >= 0.6 is 35.0 Å². The monoisotopic (exact) mass is 371 g/mol. The highest BCUT2D eigenvalue weighted by Gasteiger charge is 2.20. The molecule has 1 aromatic heterocycles. The Kier molecular flexibility index (Phi) is 5.85. The van der Waals surface area contributed by atoms with Crippen LogP contribution in [0.2, 0.25) is 10.0 Å². The number of ether oxygens (including phenoxy) is 1. The summed E-state index contributed by atoms with van der Waals surface area (Å²) in [5, 5.41) is 10.9. The van der Waals surface area contributed by atoms with Crippen molar-refractivity contribution in [3.63, 3.8) is 0 Å². The summed E-state index contributed by atoms with van der Waals surface area (Å²) in [7, 11) is 0. The van der Waals surface area contributed by atoms with Crippen LogP contribution < -0.4 is 0 Å². The summed E-state index contributed by atoms with van der Waals surface area (Å²) >= 11 is 14.1. The van der Waals surface area contributed by atoms with E-state index in [4.69, 9.17) is 27.9 Å². The summed E-state index contributed by atoms with van der Waals surface area (Å²) in [5.41, 5.74) is 0.936. The van der Waals surface area contributed by atoms with Gasteiger partial charge in [0, 0.05) is 28.8 Å². The smallest absolute Gasteiger partial charge is 0.191 e. The van der Waals surface area contributed by atoms with Gasteiger partial charge in [0.15, 0.2) is 5.16 Å². The minimum absolute atomic E-state index is 0.263. The first kappa shape index (κ1) is 17.1. The van der Waals surface area contributed by atoms with Crippen molar-refractivity contribution in [2.75, 3.05) is 6.61 Å². The molecule has 1 fully saturated rings. The predicted molar refractivity (Wildman–Crippen MR) is 94.4 cm³/mol. The molecule has 0 aliphatic carbocycles. The second kappa shape index (κ2) is 7.88. The zero-order chi connectivity index (χ0) is 16.2. The minimum Gasteiger partial charge on any atom is -0.376 e. The van der Waals surface area contributed by atoms with Crippen LogP contribution in [0.1, 0.15) is 31.2 Å². The third-order valence-corrected chi connectivity index (χ3v) is 5.63. The van der Waals surface area contributed by atoms with E-state index >= 15 is 0 Å². The van der Waals surface area contributed by atoms with Gasteiger partial charge >= 0.3 is 0 Å². The second-order valence-electron chi connectivity index (χ2n) is 5.49. The lowest BCUT2D eigenvalue weighted by Crippen LogP contribution is -2.17. The number of thioether (sulfide) groups is 1. The summed E-state index contributed by atoms with van der Waals surface area (Å²) in [6.07, 6.45) is 3.35. The van der Waals surface area contributed by atoms with E-state index in [1.165, 1.54) is 0 Å². The molecule has 0 radical (unpaired) electrons. The number of benzene rings is 1. The van der Waals surface area contributed by atoms with Crippen molar-refractivity contribution >= 4 is 35.0 Å². The van der Waals surface area contributed by atoms with Gasteiger partial charge < -0.3 is 9.30 Å². The number of rotatable bonds is 6. The third kappa shape index (κ3) is 4.02. The molecule has 0 amide bonds. The fourth-order valence-electron chi connectivity index (χ4n) is 2.67. The fourth-order valence-corrected chi connectivity index (χ4v) is 4.38.